The molecule has 1 heterocycles. The molecule has 0 fully saturated rings. The van der Waals surface area contributed by atoms with Crippen LogP contribution in [0.25, 0.3) is 0 Å². The van der Waals surface area contributed by atoms with Gasteiger partial charge >= 0.3 is 0 Å². The smallest absolute Gasteiger partial charge is 0.191 e. The van der Waals surface area contributed by atoms with Gasteiger partial charge in [0.25, 0.3) is 0 Å². The number of aromatic nitrogens is 3. The van der Waals surface area contributed by atoms with Crippen LogP contribution in [0.4, 0.5) is 4.39 Å². The summed E-state index contributed by atoms with van der Waals surface area (Å²) in [5.74, 6) is 0.976. The van der Waals surface area contributed by atoms with Gasteiger partial charge in [-0.3, -0.25) is 0 Å². The first kappa shape index (κ1) is 21.3. The van der Waals surface area contributed by atoms with Crippen molar-refractivity contribution >= 4 is 21.6 Å². The van der Waals surface area contributed by atoms with Gasteiger partial charge in [-0.1, -0.05) is 48.2 Å². The lowest BCUT2D eigenvalue weighted by atomic mass is 10.1. The fraction of sp³-hybridized carbons (Fsp3) is 0.238. The molecule has 0 N–H and O–H groups in total. The maximum atomic E-state index is 13.0. The predicted molar refractivity (Wildman–Crippen MR) is 113 cm³/mol. The Labute approximate surface area is 174 Å². The van der Waals surface area contributed by atoms with Gasteiger partial charge in [0, 0.05) is 18.7 Å². The number of benzene rings is 2. The van der Waals surface area contributed by atoms with Gasteiger partial charge in [-0.05, 0) is 36.2 Å². The highest BCUT2D eigenvalue weighted by Gasteiger charge is 2.16. The molecule has 0 aliphatic rings. The quantitative estimate of drug-likeness (QED) is 0.209. The van der Waals surface area contributed by atoms with Gasteiger partial charge < -0.3 is 4.57 Å². The Morgan fingerprint density at radius 2 is 1.79 bits per heavy atom. The van der Waals surface area contributed by atoms with Crippen LogP contribution in [0.3, 0.4) is 0 Å². The average molecular weight is 432 g/mol. The minimum Gasteiger partial charge on any atom is -0.302 e. The largest absolute Gasteiger partial charge is 0.302 e. The van der Waals surface area contributed by atoms with Crippen LogP contribution in [0, 0.1) is 5.82 Å². The Balaban J connectivity index is 1.60. The summed E-state index contributed by atoms with van der Waals surface area (Å²) in [7, 11) is -3.43. The Morgan fingerprint density at radius 3 is 2.48 bits per heavy atom. The molecule has 0 spiro atoms. The number of thioether (sulfide) groups is 1. The SMILES string of the molecule is C=CCn1c(Cc2ccccc2)nnc1SCCCS(=O)(=O)c1ccc(F)cc1. The van der Waals surface area contributed by atoms with Crippen molar-refractivity contribution in [3.63, 3.8) is 0 Å². The van der Waals surface area contributed by atoms with Crippen LogP contribution in [0.15, 0.2) is 77.3 Å². The van der Waals surface area contributed by atoms with Crippen LogP contribution in [0.5, 0.6) is 0 Å². The minimum atomic E-state index is -3.43. The number of halogens is 1. The van der Waals surface area contributed by atoms with Crippen molar-refractivity contribution in [1.82, 2.24) is 14.8 Å². The number of rotatable bonds is 10. The fourth-order valence-corrected chi connectivity index (χ4v) is 5.22. The van der Waals surface area contributed by atoms with E-state index in [9.17, 15) is 12.8 Å². The Hall–Kier alpha value is -2.45. The molecule has 0 aliphatic carbocycles. The highest BCUT2D eigenvalue weighted by atomic mass is 32.2. The second-order valence-electron chi connectivity index (χ2n) is 6.44. The third-order valence-corrected chi connectivity index (χ3v) is 7.14. The van der Waals surface area contributed by atoms with Crippen LogP contribution in [0.2, 0.25) is 0 Å². The molecule has 29 heavy (non-hydrogen) atoms. The predicted octanol–water partition coefficient (Wildman–Crippen LogP) is 4.15. The van der Waals surface area contributed by atoms with Crippen LogP contribution in [-0.2, 0) is 22.8 Å². The van der Waals surface area contributed by atoms with E-state index in [0.29, 0.717) is 25.1 Å². The van der Waals surface area contributed by atoms with E-state index >= 15 is 0 Å². The summed E-state index contributed by atoms with van der Waals surface area (Å²) >= 11 is 1.47. The molecule has 1 aromatic heterocycles. The number of allylic oxidation sites excluding steroid dienone is 1. The zero-order valence-electron chi connectivity index (χ0n) is 15.9. The Bertz CT molecular complexity index is 1050. The van der Waals surface area contributed by atoms with Gasteiger partial charge in [-0.25, -0.2) is 12.8 Å². The monoisotopic (exact) mass is 431 g/mol. The summed E-state index contributed by atoms with van der Waals surface area (Å²) in [6.07, 6.45) is 2.92. The summed E-state index contributed by atoms with van der Waals surface area (Å²) < 4.78 is 39.7. The van der Waals surface area contributed by atoms with Gasteiger partial charge in [0.1, 0.15) is 11.6 Å². The normalized spacial score (nSPS) is 11.5. The fourth-order valence-electron chi connectivity index (χ4n) is 2.82. The third kappa shape index (κ3) is 5.77. The van der Waals surface area contributed by atoms with E-state index < -0.39 is 15.7 Å². The topological polar surface area (TPSA) is 64.8 Å². The molecule has 0 radical (unpaired) electrons. The van der Waals surface area contributed by atoms with Crippen molar-refractivity contribution in [2.45, 2.75) is 29.4 Å². The second kappa shape index (κ2) is 9.84. The average Bonchev–Trinajstić information content (AvgIpc) is 3.08. The lowest BCUT2D eigenvalue weighted by Gasteiger charge is -2.08. The number of nitrogens with zero attached hydrogens (tertiary/aromatic N) is 3. The van der Waals surface area contributed by atoms with E-state index in [1.165, 1.54) is 23.9 Å². The summed E-state index contributed by atoms with van der Waals surface area (Å²) in [6, 6.07) is 14.9. The molecule has 0 saturated heterocycles. The van der Waals surface area contributed by atoms with Crippen molar-refractivity contribution < 1.29 is 12.8 Å². The van der Waals surface area contributed by atoms with Crippen LogP contribution < -0.4 is 0 Å². The first-order valence-corrected chi connectivity index (χ1v) is 11.8. The molecule has 5 nitrogen and oxygen atoms in total. The summed E-state index contributed by atoms with van der Waals surface area (Å²) in [4.78, 5) is 0.142. The van der Waals surface area contributed by atoms with E-state index in [0.717, 1.165) is 28.7 Å². The van der Waals surface area contributed by atoms with E-state index in [2.05, 4.69) is 16.8 Å². The third-order valence-electron chi connectivity index (χ3n) is 4.27. The van der Waals surface area contributed by atoms with Gasteiger partial charge in [0.05, 0.1) is 10.6 Å². The molecule has 0 unspecified atom stereocenters. The van der Waals surface area contributed by atoms with Crippen molar-refractivity contribution in [1.29, 1.82) is 0 Å². The van der Waals surface area contributed by atoms with Crippen molar-refractivity contribution in [2.75, 3.05) is 11.5 Å². The summed E-state index contributed by atoms with van der Waals surface area (Å²) in [6.45, 7) is 4.39. The molecule has 0 atom stereocenters. The summed E-state index contributed by atoms with van der Waals surface area (Å²) in [5.41, 5.74) is 1.15. The van der Waals surface area contributed by atoms with E-state index in [-0.39, 0.29) is 10.6 Å². The number of sulfone groups is 1. The van der Waals surface area contributed by atoms with E-state index in [1.807, 2.05) is 34.9 Å². The zero-order valence-corrected chi connectivity index (χ0v) is 17.5. The lowest BCUT2D eigenvalue weighted by Crippen LogP contribution is -2.08. The molecule has 0 aliphatic heterocycles. The van der Waals surface area contributed by atoms with Crippen LogP contribution in [-0.4, -0.2) is 34.7 Å². The Kier molecular flexibility index (Phi) is 7.22. The van der Waals surface area contributed by atoms with Crippen molar-refractivity contribution in [3.05, 3.63) is 84.5 Å². The summed E-state index contributed by atoms with van der Waals surface area (Å²) in [5, 5.41) is 9.32. The second-order valence-corrected chi connectivity index (χ2v) is 9.61. The molecule has 2 aromatic carbocycles. The highest BCUT2D eigenvalue weighted by molar-refractivity contribution is 7.99. The minimum absolute atomic E-state index is 0.00188. The number of hydrogen-bond donors (Lipinski definition) is 0. The van der Waals surface area contributed by atoms with Gasteiger partial charge in [0.2, 0.25) is 0 Å². The molecular formula is C21H22FN3O2S2. The maximum absolute atomic E-state index is 13.0. The Morgan fingerprint density at radius 1 is 1.07 bits per heavy atom. The molecule has 3 aromatic rings. The molecule has 3 rings (SSSR count). The molecule has 8 heteroatoms. The van der Waals surface area contributed by atoms with Crippen molar-refractivity contribution in [2.24, 2.45) is 0 Å². The molecule has 152 valence electrons. The highest BCUT2D eigenvalue weighted by Crippen LogP contribution is 2.21. The zero-order chi connectivity index (χ0) is 20.7. The van der Waals surface area contributed by atoms with Crippen LogP contribution in [0.1, 0.15) is 17.8 Å². The standard InChI is InChI=1S/C21H22FN3O2S2/c1-2-13-25-20(16-17-7-4-3-5-8-17)23-24-21(25)28-14-6-15-29(26,27)19-11-9-18(22)10-12-19/h2-5,7-12H,1,6,13-16H2. The van der Waals surface area contributed by atoms with Crippen molar-refractivity contribution in [3.8, 4) is 0 Å². The van der Waals surface area contributed by atoms with E-state index in [1.54, 1.807) is 6.08 Å². The van der Waals surface area contributed by atoms with Gasteiger partial charge in [-0.2, -0.15) is 0 Å². The number of hydrogen-bond acceptors (Lipinski definition) is 5. The lowest BCUT2D eigenvalue weighted by molar-refractivity contribution is 0.593. The molecule has 0 amide bonds. The first-order chi connectivity index (χ1) is 14.0. The molecule has 0 bridgehead atoms. The van der Waals surface area contributed by atoms with Gasteiger partial charge in [0.15, 0.2) is 15.0 Å². The van der Waals surface area contributed by atoms with Gasteiger partial charge in [-0.15, -0.1) is 16.8 Å². The van der Waals surface area contributed by atoms with E-state index in [4.69, 9.17) is 0 Å². The maximum Gasteiger partial charge on any atom is 0.191 e. The molecule has 0 saturated carbocycles. The first-order valence-electron chi connectivity index (χ1n) is 9.17. The van der Waals surface area contributed by atoms with Crippen LogP contribution >= 0.6 is 11.8 Å². The molecular weight excluding hydrogens is 409 g/mol.